The Kier molecular flexibility index (Phi) is 4.06. The third kappa shape index (κ3) is 2.87. The van der Waals surface area contributed by atoms with Crippen LogP contribution in [0.5, 0.6) is 0 Å². The molecule has 1 aromatic rings. The van der Waals surface area contributed by atoms with E-state index in [9.17, 15) is 13.2 Å². The highest BCUT2D eigenvalue weighted by atomic mass is 32.2. The Hall–Kier alpha value is -1.20. The number of ketones is 1. The highest BCUT2D eigenvalue weighted by Crippen LogP contribution is 2.24. The number of hydrogen-bond acceptors (Lipinski definition) is 3. The van der Waals surface area contributed by atoms with E-state index in [4.69, 9.17) is 0 Å². The zero-order chi connectivity index (χ0) is 14.0. The van der Waals surface area contributed by atoms with E-state index in [1.54, 1.807) is 19.1 Å². The summed E-state index contributed by atoms with van der Waals surface area (Å²) in [7, 11) is -3.47. The Bertz CT molecular complexity index is 587. The average Bonchev–Trinajstić information content (AvgIpc) is 2.39. The minimum atomic E-state index is -3.47. The van der Waals surface area contributed by atoms with E-state index in [1.165, 1.54) is 17.3 Å². The fraction of sp³-hybridized carbons (Fsp3) is 0.500. The molecule has 1 aliphatic heterocycles. The smallest absolute Gasteiger partial charge is 0.243 e. The van der Waals surface area contributed by atoms with E-state index >= 15 is 0 Å². The minimum absolute atomic E-state index is 0.116. The number of piperidine rings is 1. The minimum Gasteiger partial charge on any atom is -0.295 e. The van der Waals surface area contributed by atoms with Crippen molar-refractivity contribution in [1.29, 1.82) is 0 Å². The fourth-order valence-corrected chi connectivity index (χ4v) is 4.11. The molecule has 2 rings (SSSR count). The molecule has 104 valence electrons. The third-order valence-electron chi connectivity index (χ3n) is 3.53. The number of aryl methyl sites for hydroxylation is 1. The molecular formula is C14H19NO3S. The van der Waals surface area contributed by atoms with Gasteiger partial charge in [-0.25, -0.2) is 8.42 Å². The lowest BCUT2D eigenvalue weighted by Gasteiger charge is -2.26. The zero-order valence-electron chi connectivity index (χ0n) is 11.3. The van der Waals surface area contributed by atoms with Crippen molar-refractivity contribution < 1.29 is 13.2 Å². The second-order valence-corrected chi connectivity index (χ2v) is 6.91. The van der Waals surface area contributed by atoms with Crippen LogP contribution in [0.15, 0.2) is 23.1 Å². The Morgan fingerprint density at radius 3 is 2.37 bits per heavy atom. The molecule has 0 bridgehead atoms. The summed E-state index contributed by atoms with van der Waals surface area (Å²) in [5.74, 6) is -0.116. The lowest BCUT2D eigenvalue weighted by molar-refractivity contribution is 0.101. The molecule has 0 spiro atoms. The number of rotatable bonds is 3. The van der Waals surface area contributed by atoms with E-state index in [2.05, 4.69) is 0 Å². The van der Waals surface area contributed by atoms with Gasteiger partial charge < -0.3 is 0 Å². The molecule has 0 unspecified atom stereocenters. The van der Waals surface area contributed by atoms with E-state index in [-0.39, 0.29) is 10.7 Å². The van der Waals surface area contributed by atoms with Gasteiger partial charge in [0.05, 0.1) is 4.90 Å². The molecular weight excluding hydrogens is 262 g/mol. The molecule has 1 aliphatic rings. The first-order chi connectivity index (χ1) is 8.93. The molecule has 1 heterocycles. The lowest BCUT2D eigenvalue weighted by atomic mass is 10.1. The van der Waals surface area contributed by atoms with Gasteiger partial charge in [0.1, 0.15) is 0 Å². The van der Waals surface area contributed by atoms with Crippen LogP contribution in [0.4, 0.5) is 0 Å². The van der Waals surface area contributed by atoms with Crippen LogP contribution >= 0.6 is 0 Å². The zero-order valence-corrected chi connectivity index (χ0v) is 12.2. The lowest BCUT2D eigenvalue weighted by Crippen LogP contribution is -2.36. The summed E-state index contributed by atoms with van der Waals surface area (Å²) in [5, 5.41) is 0. The van der Waals surface area contributed by atoms with Crippen LogP contribution in [0.3, 0.4) is 0 Å². The highest BCUT2D eigenvalue weighted by molar-refractivity contribution is 7.89. The summed E-state index contributed by atoms with van der Waals surface area (Å²) in [5.41, 5.74) is 1.14. The van der Waals surface area contributed by atoms with Gasteiger partial charge >= 0.3 is 0 Å². The number of benzene rings is 1. The monoisotopic (exact) mass is 281 g/mol. The largest absolute Gasteiger partial charge is 0.295 e. The van der Waals surface area contributed by atoms with Crippen LogP contribution in [0.2, 0.25) is 0 Å². The molecule has 1 saturated heterocycles. The van der Waals surface area contributed by atoms with Gasteiger partial charge in [0.15, 0.2) is 5.78 Å². The van der Waals surface area contributed by atoms with Gasteiger partial charge in [-0.1, -0.05) is 18.6 Å². The van der Waals surface area contributed by atoms with Crippen molar-refractivity contribution in [2.45, 2.75) is 38.0 Å². The van der Waals surface area contributed by atoms with Crippen molar-refractivity contribution in [1.82, 2.24) is 4.31 Å². The van der Waals surface area contributed by atoms with Crippen LogP contribution in [-0.4, -0.2) is 31.6 Å². The quantitative estimate of drug-likeness (QED) is 0.799. The predicted molar refractivity (Wildman–Crippen MR) is 73.8 cm³/mol. The molecule has 5 heteroatoms. The standard InChI is InChI=1S/C14H19NO3S/c1-11-6-7-13(12(2)16)10-14(11)19(17,18)15-8-4-3-5-9-15/h6-7,10H,3-5,8-9H2,1-2H3. The summed E-state index contributed by atoms with van der Waals surface area (Å²) in [6.45, 7) is 4.36. The number of hydrogen-bond donors (Lipinski definition) is 0. The maximum Gasteiger partial charge on any atom is 0.243 e. The van der Waals surface area contributed by atoms with E-state index in [1.807, 2.05) is 0 Å². The Labute approximate surface area is 114 Å². The Morgan fingerprint density at radius 1 is 1.16 bits per heavy atom. The first-order valence-corrected chi connectivity index (χ1v) is 7.98. The van der Waals surface area contributed by atoms with Gasteiger partial charge in [-0.15, -0.1) is 0 Å². The molecule has 0 amide bonds. The van der Waals surface area contributed by atoms with Gasteiger partial charge in [-0.05, 0) is 38.3 Å². The first-order valence-electron chi connectivity index (χ1n) is 6.54. The van der Waals surface area contributed by atoms with Gasteiger partial charge in [-0.2, -0.15) is 4.31 Å². The van der Waals surface area contributed by atoms with Crippen LogP contribution in [0.1, 0.15) is 42.1 Å². The molecule has 0 aromatic heterocycles. The maximum absolute atomic E-state index is 12.6. The summed E-state index contributed by atoms with van der Waals surface area (Å²) in [6, 6.07) is 4.88. The van der Waals surface area contributed by atoms with Gasteiger partial charge in [-0.3, -0.25) is 4.79 Å². The van der Waals surface area contributed by atoms with Gasteiger partial charge in [0.25, 0.3) is 0 Å². The normalized spacial score (nSPS) is 17.4. The molecule has 1 fully saturated rings. The van der Waals surface area contributed by atoms with Crippen LogP contribution < -0.4 is 0 Å². The summed E-state index contributed by atoms with van der Waals surface area (Å²) < 4.78 is 26.7. The molecule has 1 aromatic carbocycles. The number of carbonyl (C=O) groups excluding carboxylic acids is 1. The van der Waals surface area contributed by atoms with Crippen molar-refractivity contribution in [3.05, 3.63) is 29.3 Å². The van der Waals surface area contributed by atoms with E-state index < -0.39 is 10.0 Å². The number of Topliss-reactive ketones (excluding diaryl/α,β-unsaturated/α-hetero) is 1. The van der Waals surface area contributed by atoms with Gasteiger partial charge in [0.2, 0.25) is 10.0 Å². The van der Waals surface area contributed by atoms with E-state index in [0.717, 1.165) is 19.3 Å². The summed E-state index contributed by atoms with van der Waals surface area (Å²) in [6.07, 6.45) is 2.90. The molecule has 0 atom stereocenters. The van der Waals surface area contributed by atoms with Crippen molar-refractivity contribution >= 4 is 15.8 Å². The molecule has 0 radical (unpaired) electrons. The van der Waals surface area contributed by atoms with E-state index in [0.29, 0.717) is 24.2 Å². The number of nitrogens with zero attached hydrogens (tertiary/aromatic N) is 1. The number of sulfonamides is 1. The third-order valence-corrected chi connectivity index (χ3v) is 5.57. The highest BCUT2D eigenvalue weighted by Gasteiger charge is 2.27. The van der Waals surface area contributed by atoms with Crippen molar-refractivity contribution in [2.75, 3.05) is 13.1 Å². The molecule has 0 saturated carbocycles. The van der Waals surface area contributed by atoms with Crippen molar-refractivity contribution in [3.8, 4) is 0 Å². The van der Waals surface area contributed by atoms with Crippen molar-refractivity contribution in [2.24, 2.45) is 0 Å². The van der Waals surface area contributed by atoms with Crippen molar-refractivity contribution in [3.63, 3.8) is 0 Å². The van der Waals surface area contributed by atoms with Crippen LogP contribution in [-0.2, 0) is 10.0 Å². The number of carbonyl (C=O) groups is 1. The summed E-state index contributed by atoms with van der Waals surface area (Å²) in [4.78, 5) is 11.7. The SMILES string of the molecule is CC(=O)c1ccc(C)c(S(=O)(=O)N2CCCCC2)c1. The molecule has 4 nitrogen and oxygen atoms in total. The Morgan fingerprint density at radius 2 is 1.79 bits per heavy atom. The molecule has 0 N–H and O–H groups in total. The maximum atomic E-state index is 12.6. The van der Waals surface area contributed by atoms with Crippen LogP contribution in [0.25, 0.3) is 0 Å². The van der Waals surface area contributed by atoms with Gasteiger partial charge in [0, 0.05) is 18.7 Å². The fourth-order valence-electron chi connectivity index (χ4n) is 2.34. The second-order valence-electron chi connectivity index (χ2n) is 5.00. The first kappa shape index (κ1) is 14.2. The topological polar surface area (TPSA) is 54.5 Å². The van der Waals surface area contributed by atoms with Crippen LogP contribution in [0, 0.1) is 6.92 Å². The predicted octanol–water partition coefficient (Wildman–Crippen LogP) is 2.37. The average molecular weight is 281 g/mol. The molecule has 0 aliphatic carbocycles. The Balaban J connectivity index is 2.44. The molecule has 19 heavy (non-hydrogen) atoms. The second kappa shape index (κ2) is 5.43. The summed E-state index contributed by atoms with van der Waals surface area (Å²) >= 11 is 0.